The molecule has 0 saturated heterocycles. The Balaban J connectivity index is 1.83. The second kappa shape index (κ2) is 4.61. The minimum atomic E-state index is -0.240. The number of nitrogens with zero attached hydrogens (tertiary/aromatic N) is 1. The Hall–Kier alpha value is -2.56. The fourth-order valence-corrected chi connectivity index (χ4v) is 2.01. The maximum Gasteiger partial charge on any atom is 0.123 e. The third-order valence-corrected chi connectivity index (χ3v) is 2.98. The van der Waals surface area contributed by atoms with Crippen LogP contribution in [0.1, 0.15) is 5.56 Å². The van der Waals surface area contributed by atoms with Crippen molar-refractivity contribution in [3.05, 3.63) is 54.0 Å². The maximum atomic E-state index is 13.1. The Morgan fingerprint density at radius 3 is 3.00 bits per heavy atom. The molecule has 0 aliphatic heterocycles. The summed E-state index contributed by atoms with van der Waals surface area (Å²) in [5, 5.41) is 11.0. The smallest absolute Gasteiger partial charge is 0.123 e. The van der Waals surface area contributed by atoms with E-state index < -0.39 is 0 Å². The minimum absolute atomic E-state index is 0.240. The average molecular weight is 256 g/mol. The van der Waals surface area contributed by atoms with Crippen LogP contribution < -0.4 is 11.1 Å². The highest BCUT2D eigenvalue weighted by Gasteiger charge is 2.04. The van der Waals surface area contributed by atoms with E-state index in [1.807, 2.05) is 18.2 Å². The van der Waals surface area contributed by atoms with Gasteiger partial charge in [0.25, 0.3) is 0 Å². The number of nitrogen functional groups attached to an aromatic ring is 1. The van der Waals surface area contributed by atoms with E-state index in [9.17, 15) is 4.39 Å². The molecule has 1 heterocycles. The first-order valence-corrected chi connectivity index (χ1v) is 5.93. The number of benzene rings is 2. The van der Waals surface area contributed by atoms with Crippen LogP contribution in [0.15, 0.2) is 42.6 Å². The summed E-state index contributed by atoms with van der Waals surface area (Å²) in [5.41, 5.74) is 9.19. The molecule has 0 aliphatic carbocycles. The number of H-pyrrole nitrogens is 1. The van der Waals surface area contributed by atoms with Crippen molar-refractivity contribution >= 4 is 22.3 Å². The standard InChI is InChI=1S/C14H13FN4/c15-11-3-1-2-9(4-11)7-17-14-6-13-10(5-12(14)16)8-18-19-13/h1-6,8,17H,7,16H2,(H,18,19). The zero-order chi connectivity index (χ0) is 13.2. The summed E-state index contributed by atoms with van der Waals surface area (Å²) in [6, 6.07) is 10.2. The van der Waals surface area contributed by atoms with Gasteiger partial charge >= 0.3 is 0 Å². The molecule has 0 radical (unpaired) electrons. The molecule has 1 aromatic heterocycles. The first kappa shape index (κ1) is 11.5. The number of nitrogens with one attached hydrogen (secondary N) is 2. The van der Waals surface area contributed by atoms with Crippen molar-refractivity contribution in [1.29, 1.82) is 0 Å². The quantitative estimate of drug-likeness (QED) is 0.631. The Kier molecular flexibility index (Phi) is 2.79. The summed E-state index contributed by atoms with van der Waals surface area (Å²) in [4.78, 5) is 0. The number of hydrogen-bond acceptors (Lipinski definition) is 3. The van der Waals surface area contributed by atoms with Gasteiger partial charge in [-0.15, -0.1) is 0 Å². The van der Waals surface area contributed by atoms with Gasteiger partial charge in [0.2, 0.25) is 0 Å². The van der Waals surface area contributed by atoms with E-state index in [0.29, 0.717) is 12.2 Å². The highest BCUT2D eigenvalue weighted by Crippen LogP contribution is 2.25. The molecule has 0 spiro atoms. The lowest BCUT2D eigenvalue weighted by Crippen LogP contribution is -2.02. The second-order valence-corrected chi connectivity index (χ2v) is 4.38. The van der Waals surface area contributed by atoms with Crippen LogP contribution in [-0.2, 0) is 6.54 Å². The van der Waals surface area contributed by atoms with Crippen molar-refractivity contribution in [1.82, 2.24) is 10.2 Å². The van der Waals surface area contributed by atoms with Gasteiger partial charge in [0.1, 0.15) is 5.82 Å². The molecule has 3 rings (SSSR count). The monoisotopic (exact) mass is 256 g/mol. The molecule has 0 fully saturated rings. The fourth-order valence-electron chi connectivity index (χ4n) is 2.01. The molecular weight excluding hydrogens is 243 g/mol. The summed E-state index contributed by atoms with van der Waals surface area (Å²) < 4.78 is 13.1. The normalized spacial score (nSPS) is 10.8. The van der Waals surface area contributed by atoms with Crippen molar-refractivity contribution in [2.24, 2.45) is 0 Å². The van der Waals surface area contributed by atoms with Crippen LogP contribution in [0.4, 0.5) is 15.8 Å². The largest absolute Gasteiger partial charge is 0.397 e. The molecule has 0 aliphatic rings. The van der Waals surface area contributed by atoms with E-state index in [1.165, 1.54) is 12.1 Å². The molecule has 0 atom stereocenters. The van der Waals surface area contributed by atoms with E-state index in [0.717, 1.165) is 22.2 Å². The molecule has 4 nitrogen and oxygen atoms in total. The van der Waals surface area contributed by atoms with Crippen LogP contribution in [0.5, 0.6) is 0 Å². The van der Waals surface area contributed by atoms with Gasteiger partial charge < -0.3 is 11.1 Å². The van der Waals surface area contributed by atoms with Crippen LogP contribution in [0.25, 0.3) is 10.9 Å². The van der Waals surface area contributed by atoms with Crippen LogP contribution in [0, 0.1) is 5.82 Å². The van der Waals surface area contributed by atoms with Gasteiger partial charge in [-0.2, -0.15) is 5.10 Å². The fraction of sp³-hybridized carbons (Fsp3) is 0.0714. The van der Waals surface area contributed by atoms with Crippen molar-refractivity contribution in [3.8, 4) is 0 Å². The molecule has 0 bridgehead atoms. The maximum absolute atomic E-state index is 13.1. The Bertz CT molecular complexity index is 720. The molecule has 4 N–H and O–H groups in total. The summed E-state index contributed by atoms with van der Waals surface area (Å²) in [6.45, 7) is 0.515. The summed E-state index contributed by atoms with van der Waals surface area (Å²) in [7, 11) is 0. The summed E-state index contributed by atoms with van der Waals surface area (Å²) >= 11 is 0. The first-order valence-electron chi connectivity index (χ1n) is 5.93. The number of rotatable bonds is 3. The number of hydrogen-bond donors (Lipinski definition) is 3. The third kappa shape index (κ3) is 2.35. The Labute approximate surface area is 109 Å². The lowest BCUT2D eigenvalue weighted by molar-refractivity contribution is 0.626. The molecule has 0 saturated carbocycles. The Morgan fingerprint density at radius 2 is 2.16 bits per heavy atom. The number of fused-ring (bicyclic) bond motifs is 1. The van der Waals surface area contributed by atoms with Crippen LogP contribution in [0.3, 0.4) is 0 Å². The van der Waals surface area contributed by atoms with Crippen molar-refractivity contribution in [2.75, 3.05) is 11.1 Å². The van der Waals surface area contributed by atoms with Crippen molar-refractivity contribution in [2.45, 2.75) is 6.54 Å². The molecule has 19 heavy (non-hydrogen) atoms. The van der Waals surface area contributed by atoms with Gasteiger partial charge in [0.05, 0.1) is 23.1 Å². The lowest BCUT2D eigenvalue weighted by atomic mass is 10.2. The first-order chi connectivity index (χ1) is 9.22. The van der Waals surface area contributed by atoms with Gasteiger partial charge in [-0.05, 0) is 29.8 Å². The number of nitrogens with two attached hydrogens (primary N) is 1. The molecule has 3 aromatic rings. The number of anilines is 2. The zero-order valence-corrected chi connectivity index (χ0v) is 10.2. The highest BCUT2D eigenvalue weighted by molar-refractivity contribution is 5.88. The lowest BCUT2D eigenvalue weighted by Gasteiger charge is -2.09. The molecule has 0 unspecified atom stereocenters. The Morgan fingerprint density at radius 1 is 1.26 bits per heavy atom. The second-order valence-electron chi connectivity index (χ2n) is 4.38. The topological polar surface area (TPSA) is 66.7 Å². The van der Waals surface area contributed by atoms with Crippen LogP contribution in [0.2, 0.25) is 0 Å². The van der Waals surface area contributed by atoms with Gasteiger partial charge in [0.15, 0.2) is 0 Å². The van der Waals surface area contributed by atoms with E-state index >= 15 is 0 Å². The van der Waals surface area contributed by atoms with Gasteiger partial charge in [-0.25, -0.2) is 4.39 Å². The predicted octanol–water partition coefficient (Wildman–Crippen LogP) is 2.90. The van der Waals surface area contributed by atoms with Crippen molar-refractivity contribution < 1.29 is 4.39 Å². The van der Waals surface area contributed by atoms with Gasteiger partial charge in [0, 0.05) is 11.9 Å². The van der Waals surface area contributed by atoms with Gasteiger partial charge in [-0.1, -0.05) is 12.1 Å². The number of aromatic amines is 1. The number of halogens is 1. The van der Waals surface area contributed by atoms with Crippen molar-refractivity contribution in [3.63, 3.8) is 0 Å². The third-order valence-electron chi connectivity index (χ3n) is 2.98. The SMILES string of the molecule is Nc1cc2cn[nH]c2cc1NCc1cccc(F)c1. The van der Waals surface area contributed by atoms with E-state index in [4.69, 9.17) is 5.73 Å². The molecule has 5 heteroatoms. The molecule has 0 amide bonds. The van der Waals surface area contributed by atoms with Gasteiger partial charge in [-0.3, -0.25) is 5.10 Å². The zero-order valence-electron chi connectivity index (χ0n) is 10.2. The number of aromatic nitrogens is 2. The molecular formula is C14H13FN4. The van der Waals surface area contributed by atoms with Crippen LogP contribution in [-0.4, -0.2) is 10.2 Å². The summed E-state index contributed by atoms with van der Waals surface area (Å²) in [6.07, 6.45) is 1.72. The minimum Gasteiger partial charge on any atom is -0.397 e. The van der Waals surface area contributed by atoms with E-state index in [-0.39, 0.29) is 5.82 Å². The van der Waals surface area contributed by atoms with E-state index in [1.54, 1.807) is 12.3 Å². The molecule has 96 valence electrons. The molecule has 2 aromatic carbocycles. The highest BCUT2D eigenvalue weighted by atomic mass is 19.1. The van der Waals surface area contributed by atoms with Crippen LogP contribution >= 0.6 is 0 Å². The summed E-state index contributed by atoms with van der Waals surface area (Å²) in [5.74, 6) is -0.240. The average Bonchev–Trinajstić information content (AvgIpc) is 2.83. The van der Waals surface area contributed by atoms with E-state index in [2.05, 4.69) is 15.5 Å². The predicted molar refractivity (Wildman–Crippen MR) is 74.2 cm³/mol.